The van der Waals surface area contributed by atoms with Gasteiger partial charge in [-0.1, -0.05) is 24.3 Å². The van der Waals surface area contributed by atoms with Crippen LogP contribution in [-0.2, 0) is 9.59 Å². The summed E-state index contributed by atoms with van der Waals surface area (Å²) in [5.41, 5.74) is 8.97. The van der Waals surface area contributed by atoms with Gasteiger partial charge in [0.1, 0.15) is 6.42 Å². The lowest BCUT2D eigenvalue weighted by Crippen LogP contribution is -2.29. The molecule has 2 N–H and O–H groups in total. The van der Waals surface area contributed by atoms with Gasteiger partial charge in [0.2, 0.25) is 11.8 Å². The molecule has 0 atom stereocenters. The summed E-state index contributed by atoms with van der Waals surface area (Å²) < 4.78 is 2.19. The predicted octanol–water partition coefficient (Wildman–Crippen LogP) is 2.85. The van der Waals surface area contributed by atoms with Crippen LogP contribution in [0.15, 0.2) is 42.0 Å². The number of aryl methyl sites for hydroxylation is 3. The first-order valence-electron chi connectivity index (χ1n) is 8.80. The van der Waals surface area contributed by atoms with E-state index in [1.807, 2.05) is 26.0 Å². The third-order valence-electron chi connectivity index (χ3n) is 4.29. The van der Waals surface area contributed by atoms with E-state index in [9.17, 15) is 9.59 Å². The standard InChI is InChI=1S/C21H26N4O2/c1-6-10-22-19(26)12-20(27)24-23-13-18-11-16(4)25(17(18)5)21-14(2)8-7-9-15(21)3/h6-9,11,13H,1,10,12H2,2-5H3,(H,22,26)(H,24,27)/b23-13+. The second-order valence-corrected chi connectivity index (χ2v) is 6.47. The lowest BCUT2D eigenvalue weighted by Gasteiger charge is -2.15. The number of hydrogen-bond donors (Lipinski definition) is 2. The molecule has 0 radical (unpaired) electrons. The van der Waals surface area contributed by atoms with Gasteiger partial charge in [0.05, 0.1) is 11.9 Å². The summed E-state index contributed by atoms with van der Waals surface area (Å²) in [7, 11) is 0. The van der Waals surface area contributed by atoms with Crippen molar-refractivity contribution >= 4 is 18.0 Å². The predicted molar refractivity (Wildman–Crippen MR) is 108 cm³/mol. The summed E-state index contributed by atoms with van der Waals surface area (Å²) in [6.07, 6.45) is 2.89. The zero-order chi connectivity index (χ0) is 20.0. The molecule has 2 amide bonds. The summed E-state index contributed by atoms with van der Waals surface area (Å²) in [4.78, 5) is 23.3. The van der Waals surface area contributed by atoms with Crippen molar-refractivity contribution in [2.24, 2.45) is 5.10 Å². The van der Waals surface area contributed by atoms with E-state index in [-0.39, 0.29) is 12.3 Å². The maximum absolute atomic E-state index is 11.8. The molecule has 27 heavy (non-hydrogen) atoms. The number of carbonyl (C=O) groups excluding carboxylic acids is 2. The van der Waals surface area contributed by atoms with E-state index in [0.717, 1.165) is 22.6 Å². The lowest BCUT2D eigenvalue weighted by atomic mass is 10.1. The minimum atomic E-state index is -0.462. The summed E-state index contributed by atoms with van der Waals surface area (Å²) in [6.45, 7) is 12.1. The highest BCUT2D eigenvalue weighted by Crippen LogP contribution is 2.25. The summed E-state index contributed by atoms with van der Waals surface area (Å²) in [5, 5.41) is 6.54. The van der Waals surface area contributed by atoms with Crippen LogP contribution >= 0.6 is 0 Å². The van der Waals surface area contributed by atoms with E-state index in [1.54, 1.807) is 12.3 Å². The Bertz CT molecular complexity index is 874. The average molecular weight is 366 g/mol. The molecule has 6 nitrogen and oxygen atoms in total. The summed E-state index contributed by atoms with van der Waals surface area (Å²) >= 11 is 0. The first-order chi connectivity index (χ1) is 12.8. The molecule has 0 saturated heterocycles. The Morgan fingerprint density at radius 2 is 1.81 bits per heavy atom. The van der Waals surface area contributed by atoms with Crippen LogP contribution in [0.4, 0.5) is 0 Å². The Labute approximate surface area is 160 Å². The van der Waals surface area contributed by atoms with E-state index < -0.39 is 5.91 Å². The van der Waals surface area contributed by atoms with Crippen molar-refractivity contribution in [2.75, 3.05) is 6.54 Å². The Morgan fingerprint density at radius 3 is 2.44 bits per heavy atom. The van der Waals surface area contributed by atoms with E-state index >= 15 is 0 Å². The molecule has 0 spiro atoms. The van der Waals surface area contributed by atoms with E-state index in [4.69, 9.17) is 0 Å². The van der Waals surface area contributed by atoms with Crippen LogP contribution in [0.3, 0.4) is 0 Å². The number of para-hydroxylation sites is 1. The molecule has 0 saturated carbocycles. The lowest BCUT2D eigenvalue weighted by molar-refractivity contribution is -0.129. The largest absolute Gasteiger partial charge is 0.352 e. The fourth-order valence-corrected chi connectivity index (χ4v) is 3.03. The zero-order valence-electron chi connectivity index (χ0n) is 16.3. The number of nitrogens with zero attached hydrogens (tertiary/aromatic N) is 2. The number of rotatable bonds is 7. The normalized spacial score (nSPS) is 10.8. The van der Waals surface area contributed by atoms with Gasteiger partial charge < -0.3 is 9.88 Å². The quantitative estimate of drug-likeness (QED) is 0.342. The van der Waals surface area contributed by atoms with Crippen molar-refractivity contribution in [1.82, 2.24) is 15.3 Å². The average Bonchev–Trinajstić information content (AvgIpc) is 2.87. The molecule has 1 aromatic heterocycles. The molecule has 6 heteroatoms. The number of aromatic nitrogens is 1. The van der Waals surface area contributed by atoms with Crippen LogP contribution < -0.4 is 10.7 Å². The molecule has 0 bridgehead atoms. The van der Waals surface area contributed by atoms with E-state index in [1.165, 1.54) is 11.1 Å². The van der Waals surface area contributed by atoms with Crippen molar-refractivity contribution in [1.29, 1.82) is 0 Å². The molecule has 1 heterocycles. The molecule has 2 rings (SSSR count). The SMILES string of the molecule is C=CCNC(=O)CC(=O)N/N=C/c1cc(C)n(-c2c(C)cccc2C)c1C. The van der Waals surface area contributed by atoms with Crippen LogP contribution in [0.1, 0.15) is 34.5 Å². The number of amides is 2. The van der Waals surface area contributed by atoms with Crippen molar-refractivity contribution in [3.63, 3.8) is 0 Å². The number of benzene rings is 1. The van der Waals surface area contributed by atoms with Crippen molar-refractivity contribution < 1.29 is 9.59 Å². The Balaban J connectivity index is 2.13. The highest BCUT2D eigenvalue weighted by Gasteiger charge is 2.13. The molecule has 142 valence electrons. The van der Waals surface area contributed by atoms with Crippen molar-refractivity contribution in [3.8, 4) is 5.69 Å². The molecule has 1 aromatic carbocycles. The topological polar surface area (TPSA) is 75.5 Å². The van der Waals surface area contributed by atoms with Crippen LogP contribution in [-0.4, -0.2) is 29.1 Å². The summed E-state index contributed by atoms with van der Waals surface area (Å²) in [5.74, 6) is -0.827. The summed E-state index contributed by atoms with van der Waals surface area (Å²) in [6, 6.07) is 8.25. The maximum atomic E-state index is 11.8. The highest BCUT2D eigenvalue weighted by atomic mass is 16.2. The number of hydrazone groups is 1. The van der Waals surface area contributed by atoms with Gasteiger partial charge in [-0.2, -0.15) is 5.10 Å². The molecule has 2 aromatic rings. The van der Waals surface area contributed by atoms with Gasteiger partial charge in [-0.25, -0.2) is 5.43 Å². The fourth-order valence-electron chi connectivity index (χ4n) is 3.03. The van der Waals surface area contributed by atoms with Gasteiger partial charge in [-0.15, -0.1) is 6.58 Å². The van der Waals surface area contributed by atoms with Gasteiger partial charge in [-0.3, -0.25) is 9.59 Å². The second-order valence-electron chi connectivity index (χ2n) is 6.47. The number of hydrogen-bond acceptors (Lipinski definition) is 3. The zero-order valence-corrected chi connectivity index (χ0v) is 16.3. The van der Waals surface area contributed by atoms with Crippen LogP contribution in [0.5, 0.6) is 0 Å². The molecule has 0 aliphatic carbocycles. The molecule has 0 aliphatic heterocycles. The van der Waals surface area contributed by atoms with Gasteiger partial charge in [0, 0.05) is 23.5 Å². The molecular weight excluding hydrogens is 340 g/mol. The van der Waals surface area contributed by atoms with Crippen LogP contribution in [0.2, 0.25) is 0 Å². The van der Waals surface area contributed by atoms with Gasteiger partial charge in [-0.05, 0) is 44.9 Å². The molecule has 0 aliphatic rings. The van der Waals surface area contributed by atoms with Crippen molar-refractivity contribution in [3.05, 3.63) is 65.0 Å². The molecule has 0 fully saturated rings. The minimum absolute atomic E-state index is 0.271. The minimum Gasteiger partial charge on any atom is -0.352 e. The van der Waals surface area contributed by atoms with Gasteiger partial charge in [0.25, 0.3) is 0 Å². The van der Waals surface area contributed by atoms with E-state index in [0.29, 0.717) is 6.54 Å². The molecular formula is C21H26N4O2. The third kappa shape index (κ3) is 4.94. The Hall–Kier alpha value is -3.15. The van der Waals surface area contributed by atoms with Crippen LogP contribution in [0, 0.1) is 27.7 Å². The third-order valence-corrected chi connectivity index (χ3v) is 4.29. The van der Waals surface area contributed by atoms with Gasteiger partial charge in [0.15, 0.2) is 0 Å². The molecule has 0 unspecified atom stereocenters. The van der Waals surface area contributed by atoms with Crippen molar-refractivity contribution in [2.45, 2.75) is 34.1 Å². The smallest absolute Gasteiger partial charge is 0.249 e. The fraction of sp³-hybridized carbons (Fsp3) is 0.286. The second kappa shape index (κ2) is 8.98. The number of carbonyl (C=O) groups is 2. The first-order valence-corrected chi connectivity index (χ1v) is 8.80. The Morgan fingerprint density at radius 1 is 1.15 bits per heavy atom. The van der Waals surface area contributed by atoms with E-state index in [2.05, 4.69) is 53.0 Å². The van der Waals surface area contributed by atoms with Crippen LogP contribution in [0.25, 0.3) is 5.69 Å². The van der Waals surface area contributed by atoms with Gasteiger partial charge >= 0.3 is 0 Å². The Kier molecular flexibility index (Phi) is 6.71. The first kappa shape index (κ1) is 20.2. The maximum Gasteiger partial charge on any atom is 0.249 e. The monoisotopic (exact) mass is 366 g/mol. The highest BCUT2D eigenvalue weighted by molar-refractivity contribution is 5.97. The number of nitrogens with one attached hydrogen (secondary N) is 2.